The van der Waals surface area contributed by atoms with E-state index in [2.05, 4.69) is 35.5 Å². The van der Waals surface area contributed by atoms with Crippen LogP contribution >= 0.6 is 51.8 Å². The largest absolute Gasteiger partial charge is 0.492 e. The van der Waals surface area contributed by atoms with Gasteiger partial charge in [-0.1, -0.05) is 30.1 Å². The molecule has 0 heterocycles. The zero-order valence-corrected chi connectivity index (χ0v) is 12.1. The Morgan fingerprint density at radius 2 is 2.07 bits per heavy atom. The maximum Gasteiger partial charge on any atom is 0.139 e. The van der Waals surface area contributed by atoms with Gasteiger partial charge in [-0.25, -0.2) is 0 Å². The van der Waals surface area contributed by atoms with Gasteiger partial charge in [0.1, 0.15) is 5.75 Å². The molecule has 0 aliphatic rings. The van der Waals surface area contributed by atoms with E-state index in [1.807, 2.05) is 0 Å². The Hall–Kier alpha value is 0.430. The van der Waals surface area contributed by atoms with Gasteiger partial charge in [0.25, 0.3) is 0 Å². The van der Waals surface area contributed by atoms with Crippen molar-refractivity contribution >= 4 is 51.8 Å². The topological polar surface area (TPSA) is 9.23 Å². The highest BCUT2D eigenvalue weighted by molar-refractivity contribution is 9.10. The molecule has 0 spiro atoms. The summed E-state index contributed by atoms with van der Waals surface area (Å²) in [6, 6.07) is 3.43. The van der Waals surface area contributed by atoms with Crippen LogP contribution in [-0.2, 0) is 0 Å². The summed E-state index contributed by atoms with van der Waals surface area (Å²) in [6.45, 7) is 2.64. The highest BCUT2D eigenvalue weighted by Crippen LogP contribution is 2.34. The Labute approximate surface area is 114 Å². The molecule has 0 aromatic heterocycles. The van der Waals surface area contributed by atoms with Gasteiger partial charge in [-0.2, -0.15) is 12.6 Å². The van der Waals surface area contributed by atoms with E-state index in [1.165, 1.54) is 0 Å². The molecular weight excluding hydrogens is 319 g/mol. The molecule has 5 heteroatoms. The van der Waals surface area contributed by atoms with Gasteiger partial charge in [0.05, 0.1) is 16.7 Å². The van der Waals surface area contributed by atoms with Gasteiger partial charge in [0.2, 0.25) is 0 Å². The molecule has 0 radical (unpaired) electrons. The molecule has 0 amide bonds. The van der Waals surface area contributed by atoms with Crippen molar-refractivity contribution in [1.29, 1.82) is 0 Å². The highest BCUT2D eigenvalue weighted by Gasteiger charge is 2.08. The fraction of sp³-hybridized carbons (Fsp3) is 0.400. The fourth-order valence-electron chi connectivity index (χ4n) is 0.900. The Morgan fingerprint density at radius 3 is 2.67 bits per heavy atom. The minimum atomic E-state index is 0.381. The lowest BCUT2D eigenvalue weighted by Crippen LogP contribution is -2.09. The zero-order valence-electron chi connectivity index (χ0n) is 8.14. The highest BCUT2D eigenvalue weighted by atomic mass is 79.9. The van der Waals surface area contributed by atoms with E-state index in [1.54, 1.807) is 12.1 Å². The maximum atomic E-state index is 6.00. The first-order chi connectivity index (χ1) is 7.04. The van der Waals surface area contributed by atoms with Crippen LogP contribution in [0.4, 0.5) is 0 Å². The summed E-state index contributed by atoms with van der Waals surface area (Å²) in [5.74, 6) is 1.77. The quantitative estimate of drug-likeness (QED) is 0.622. The molecular formula is C10H11BrCl2OS. The Bertz CT molecular complexity index is 346. The first kappa shape index (κ1) is 13.5. The standard InChI is InChI=1S/C10H11BrCl2OS/c1-6(5-15)4-14-10-3-8(12)7(11)2-9(10)13/h2-3,6,15H,4-5H2,1H3. The molecule has 1 unspecified atom stereocenters. The number of ether oxygens (including phenoxy) is 1. The third-order valence-corrected chi connectivity index (χ3v) is 3.93. The predicted molar refractivity (Wildman–Crippen MR) is 72.7 cm³/mol. The van der Waals surface area contributed by atoms with Gasteiger partial charge >= 0.3 is 0 Å². The molecule has 1 aromatic rings. The summed E-state index contributed by atoms with van der Waals surface area (Å²) in [6.07, 6.45) is 0. The summed E-state index contributed by atoms with van der Waals surface area (Å²) in [4.78, 5) is 0. The van der Waals surface area contributed by atoms with Crippen LogP contribution in [0.1, 0.15) is 6.92 Å². The lowest BCUT2D eigenvalue weighted by Gasteiger charge is -2.12. The molecule has 84 valence electrons. The van der Waals surface area contributed by atoms with Gasteiger partial charge in [-0.3, -0.25) is 0 Å². The van der Waals surface area contributed by atoms with Crippen LogP contribution in [0.3, 0.4) is 0 Å². The van der Waals surface area contributed by atoms with Crippen molar-refractivity contribution in [3.63, 3.8) is 0 Å². The number of benzene rings is 1. The third kappa shape index (κ3) is 4.06. The van der Waals surface area contributed by atoms with Gasteiger partial charge in [0, 0.05) is 10.5 Å². The van der Waals surface area contributed by atoms with E-state index in [0.717, 1.165) is 10.2 Å². The van der Waals surface area contributed by atoms with Crippen molar-refractivity contribution in [1.82, 2.24) is 0 Å². The molecule has 0 fully saturated rings. The second-order valence-electron chi connectivity index (χ2n) is 3.30. The molecule has 1 atom stereocenters. The van der Waals surface area contributed by atoms with Crippen molar-refractivity contribution in [2.75, 3.05) is 12.4 Å². The summed E-state index contributed by atoms with van der Waals surface area (Å²) in [5, 5.41) is 1.14. The lowest BCUT2D eigenvalue weighted by molar-refractivity contribution is 0.274. The summed E-state index contributed by atoms with van der Waals surface area (Å²) >= 11 is 19.4. The summed E-state index contributed by atoms with van der Waals surface area (Å²) in [7, 11) is 0. The van der Waals surface area contributed by atoms with E-state index in [0.29, 0.717) is 28.3 Å². The SMILES string of the molecule is CC(CS)COc1cc(Cl)c(Br)cc1Cl. The number of halogens is 3. The normalized spacial score (nSPS) is 12.6. The van der Waals surface area contributed by atoms with Crippen molar-refractivity contribution in [2.45, 2.75) is 6.92 Å². The minimum Gasteiger partial charge on any atom is -0.492 e. The van der Waals surface area contributed by atoms with Crippen molar-refractivity contribution < 1.29 is 4.74 Å². The molecule has 0 saturated heterocycles. The average Bonchev–Trinajstić information content (AvgIpc) is 2.21. The van der Waals surface area contributed by atoms with Crippen molar-refractivity contribution in [2.24, 2.45) is 5.92 Å². The number of hydrogen-bond donors (Lipinski definition) is 1. The van der Waals surface area contributed by atoms with Gasteiger partial charge in [0.15, 0.2) is 0 Å². The van der Waals surface area contributed by atoms with Crippen molar-refractivity contribution in [3.05, 3.63) is 26.7 Å². The summed E-state index contributed by atoms with van der Waals surface area (Å²) in [5.41, 5.74) is 0. The van der Waals surface area contributed by atoms with E-state index in [9.17, 15) is 0 Å². The molecule has 0 aliphatic carbocycles. The number of rotatable bonds is 4. The second kappa shape index (κ2) is 6.24. The Morgan fingerprint density at radius 1 is 1.40 bits per heavy atom. The zero-order chi connectivity index (χ0) is 11.4. The third-order valence-electron chi connectivity index (χ3n) is 1.81. The van der Waals surface area contributed by atoms with Crippen LogP contribution in [0.5, 0.6) is 5.75 Å². The molecule has 1 aromatic carbocycles. The van der Waals surface area contributed by atoms with E-state index in [-0.39, 0.29) is 0 Å². The smallest absolute Gasteiger partial charge is 0.139 e. The van der Waals surface area contributed by atoms with Crippen LogP contribution in [0.15, 0.2) is 16.6 Å². The lowest BCUT2D eigenvalue weighted by atomic mass is 10.2. The second-order valence-corrected chi connectivity index (χ2v) is 5.33. The van der Waals surface area contributed by atoms with Crippen molar-refractivity contribution in [3.8, 4) is 5.75 Å². The van der Waals surface area contributed by atoms with E-state index < -0.39 is 0 Å². The number of hydrogen-bond acceptors (Lipinski definition) is 2. The Kier molecular flexibility index (Phi) is 5.61. The van der Waals surface area contributed by atoms with Gasteiger partial charge < -0.3 is 4.74 Å². The average molecular weight is 330 g/mol. The van der Waals surface area contributed by atoms with E-state index >= 15 is 0 Å². The molecule has 0 bridgehead atoms. The fourth-order valence-corrected chi connectivity index (χ4v) is 1.85. The van der Waals surface area contributed by atoms with Crippen LogP contribution < -0.4 is 4.74 Å². The minimum absolute atomic E-state index is 0.381. The molecule has 0 aliphatic heterocycles. The van der Waals surface area contributed by atoms with Crippen LogP contribution in [-0.4, -0.2) is 12.4 Å². The monoisotopic (exact) mass is 328 g/mol. The Balaban J connectivity index is 2.73. The predicted octanol–water partition coefficient (Wildman–Crippen LogP) is 4.70. The maximum absolute atomic E-state index is 6.00. The molecule has 0 saturated carbocycles. The van der Waals surface area contributed by atoms with Gasteiger partial charge in [-0.15, -0.1) is 0 Å². The van der Waals surface area contributed by atoms with Gasteiger partial charge in [-0.05, 0) is 33.7 Å². The first-order valence-corrected chi connectivity index (χ1v) is 6.61. The van der Waals surface area contributed by atoms with Crippen LogP contribution in [0.2, 0.25) is 10.0 Å². The first-order valence-electron chi connectivity index (χ1n) is 4.42. The molecule has 15 heavy (non-hydrogen) atoms. The summed E-state index contributed by atoms with van der Waals surface area (Å²) < 4.78 is 6.31. The molecule has 0 N–H and O–H groups in total. The van der Waals surface area contributed by atoms with Crippen LogP contribution in [0.25, 0.3) is 0 Å². The van der Waals surface area contributed by atoms with E-state index in [4.69, 9.17) is 27.9 Å². The molecule has 1 rings (SSSR count). The molecule has 1 nitrogen and oxygen atoms in total. The number of thiol groups is 1. The van der Waals surface area contributed by atoms with Crippen LogP contribution in [0, 0.1) is 5.92 Å².